The number of amides is 1. The van der Waals surface area contributed by atoms with Crippen molar-refractivity contribution in [2.24, 2.45) is 21.8 Å². The normalized spacial score (nSPS) is 31.4. The zero-order chi connectivity index (χ0) is 29.0. The topological polar surface area (TPSA) is 57.1 Å². The first kappa shape index (κ1) is 27.8. The third-order valence-corrected chi connectivity index (χ3v) is 10.4. The van der Waals surface area contributed by atoms with Crippen LogP contribution in [0.5, 0.6) is 0 Å². The summed E-state index contributed by atoms with van der Waals surface area (Å²) in [5, 5.41) is 5.89. The van der Waals surface area contributed by atoms with Crippen LogP contribution in [0.1, 0.15) is 57.1 Å². The zero-order valence-corrected chi connectivity index (χ0v) is 25.0. The van der Waals surface area contributed by atoms with Crippen LogP contribution in [-0.4, -0.2) is 46.4 Å². The monoisotopic (exact) mass is 606 g/mol. The van der Waals surface area contributed by atoms with Gasteiger partial charge in [-0.15, -0.1) is 11.8 Å². The summed E-state index contributed by atoms with van der Waals surface area (Å²) in [5.74, 6) is 1.46. The molecule has 1 aromatic rings. The van der Waals surface area contributed by atoms with E-state index in [1.807, 2.05) is 6.08 Å². The van der Waals surface area contributed by atoms with Gasteiger partial charge in [-0.1, -0.05) is 36.2 Å². The van der Waals surface area contributed by atoms with Crippen molar-refractivity contribution in [1.82, 2.24) is 10.2 Å². The average molecular weight is 607 g/mol. The molecule has 0 radical (unpaired) electrons. The molecule has 6 aliphatic rings. The molecule has 1 N–H and O–H groups in total. The Balaban J connectivity index is 1.29. The Morgan fingerprint density at radius 1 is 1.29 bits per heavy atom. The SMILES string of the molecule is CC(F)/C=C1\C=CC(C2=C3C[C@H](NC(=O)C4=C[C@H]5CCC[C@@H]4C5)CN3C(C3CC=CS3)=N[C@H]2c2ccc(F)cc2Cl)=N1. The van der Waals surface area contributed by atoms with Gasteiger partial charge in [-0.25, -0.2) is 13.8 Å². The average Bonchev–Trinajstić information content (AvgIpc) is 3.75. The van der Waals surface area contributed by atoms with E-state index in [2.05, 4.69) is 27.8 Å². The smallest absolute Gasteiger partial charge is 0.247 e. The van der Waals surface area contributed by atoms with Crippen molar-refractivity contribution >= 4 is 40.8 Å². The lowest BCUT2D eigenvalue weighted by Crippen LogP contribution is -2.42. The summed E-state index contributed by atoms with van der Waals surface area (Å²) in [6.45, 7) is 2.08. The largest absolute Gasteiger partial charge is 0.347 e. The highest BCUT2D eigenvalue weighted by atomic mass is 35.5. The van der Waals surface area contributed by atoms with Crippen molar-refractivity contribution in [3.8, 4) is 0 Å². The van der Waals surface area contributed by atoms with Crippen LogP contribution < -0.4 is 5.32 Å². The highest BCUT2D eigenvalue weighted by Crippen LogP contribution is 2.46. The maximum atomic E-state index is 14.1. The lowest BCUT2D eigenvalue weighted by Gasteiger charge is -2.35. The number of alkyl halides is 1. The summed E-state index contributed by atoms with van der Waals surface area (Å²) in [6, 6.07) is 3.79. The lowest BCUT2D eigenvalue weighted by atomic mass is 9.86. The number of fused-ring (bicyclic) bond motifs is 3. The number of benzene rings is 1. The molecule has 1 saturated carbocycles. The Morgan fingerprint density at radius 3 is 2.93 bits per heavy atom. The van der Waals surface area contributed by atoms with Crippen molar-refractivity contribution < 1.29 is 13.6 Å². The summed E-state index contributed by atoms with van der Waals surface area (Å²) in [6.07, 6.45) is 14.4. The highest BCUT2D eigenvalue weighted by Gasteiger charge is 2.43. The summed E-state index contributed by atoms with van der Waals surface area (Å²) >= 11 is 8.38. The van der Waals surface area contributed by atoms with Crippen molar-refractivity contribution in [1.29, 1.82) is 0 Å². The third-order valence-electron chi connectivity index (χ3n) is 9.03. The molecule has 4 aliphatic heterocycles. The standard InChI is InChI=1S/C33H33ClF2N4OS/c1-18(35)12-22-8-10-27(37-22)30-28-16-23(38-33(41)25-14-19-4-2-5-20(25)13-19)17-40(28)32(29-6-3-11-42-29)39-31(30)24-9-7-21(36)15-26(24)34/h3,7-12,14-15,18-20,23,29,31H,2,4-6,13,16-17H2,1H3,(H,38,41)/b22-12+/t18?,19-,20+,23-,29?,31-/m0/s1. The van der Waals surface area contributed by atoms with Crippen molar-refractivity contribution in [3.63, 3.8) is 0 Å². The molecule has 4 heterocycles. The van der Waals surface area contributed by atoms with Crippen LogP contribution in [0.2, 0.25) is 5.02 Å². The van der Waals surface area contributed by atoms with Gasteiger partial charge >= 0.3 is 0 Å². The molecule has 6 atom stereocenters. The van der Waals surface area contributed by atoms with Gasteiger partial charge in [0.2, 0.25) is 5.91 Å². The minimum atomic E-state index is -1.14. The summed E-state index contributed by atoms with van der Waals surface area (Å²) in [7, 11) is 0. The van der Waals surface area contributed by atoms with Gasteiger partial charge < -0.3 is 10.2 Å². The number of amidine groups is 1. The molecule has 7 rings (SSSR count). The van der Waals surface area contributed by atoms with E-state index in [0.717, 1.165) is 41.9 Å². The molecule has 2 bridgehead atoms. The van der Waals surface area contributed by atoms with Crippen LogP contribution in [0.4, 0.5) is 8.78 Å². The molecule has 0 spiro atoms. The maximum absolute atomic E-state index is 14.1. The molecule has 5 nitrogen and oxygen atoms in total. The highest BCUT2D eigenvalue weighted by molar-refractivity contribution is 8.03. The molecule has 0 aromatic heterocycles. The second kappa shape index (κ2) is 11.3. The number of allylic oxidation sites excluding steroid dienone is 5. The molecule has 1 amide bonds. The molecule has 218 valence electrons. The van der Waals surface area contributed by atoms with E-state index < -0.39 is 18.0 Å². The Kier molecular flexibility index (Phi) is 7.47. The number of nitrogens with one attached hydrogen (secondary N) is 1. The Morgan fingerprint density at radius 2 is 2.17 bits per heavy atom. The molecule has 42 heavy (non-hydrogen) atoms. The van der Waals surface area contributed by atoms with Crippen LogP contribution in [0.25, 0.3) is 0 Å². The molecule has 9 heteroatoms. The van der Waals surface area contributed by atoms with E-state index in [1.165, 1.54) is 38.0 Å². The number of halogens is 3. The van der Waals surface area contributed by atoms with Gasteiger partial charge in [0.05, 0.1) is 22.7 Å². The Hall–Kier alpha value is -2.97. The fraction of sp³-hybridized carbons (Fsp3) is 0.424. The number of hydrogen-bond donors (Lipinski definition) is 1. The van der Waals surface area contributed by atoms with Crippen molar-refractivity contribution in [2.75, 3.05) is 6.54 Å². The van der Waals surface area contributed by atoms with E-state index in [1.54, 1.807) is 23.9 Å². The van der Waals surface area contributed by atoms with E-state index in [0.29, 0.717) is 46.8 Å². The number of carbonyl (C=O) groups is 1. The molecular weight excluding hydrogens is 574 g/mol. The first-order valence-electron chi connectivity index (χ1n) is 14.8. The van der Waals surface area contributed by atoms with Gasteiger partial charge in [-0.2, -0.15) is 0 Å². The summed E-state index contributed by atoms with van der Waals surface area (Å²) in [4.78, 5) is 25.9. The Bertz CT molecular complexity index is 1530. The minimum absolute atomic E-state index is 0.0465. The van der Waals surface area contributed by atoms with Crippen LogP contribution in [0.15, 0.2) is 86.5 Å². The minimum Gasteiger partial charge on any atom is -0.347 e. The van der Waals surface area contributed by atoms with E-state index in [4.69, 9.17) is 21.6 Å². The number of carbonyl (C=O) groups excluding carboxylic acids is 1. The number of thioether (sulfide) groups is 1. The van der Waals surface area contributed by atoms with Crippen LogP contribution in [-0.2, 0) is 4.79 Å². The van der Waals surface area contributed by atoms with E-state index >= 15 is 0 Å². The molecule has 1 saturated heterocycles. The molecule has 1 aromatic carbocycles. The quantitative estimate of drug-likeness (QED) is 0.367. The van der Waals surface area contributed by atoms with Gasteiger partial charge in [-0.05, 0) is 80.2 Å². The van der Waals surface area contributed by atoms with Crippen LogP contribution >= 0.6 is 23.4 Å². The summed E-state index contributed by atoms with van der Waals surface area (Å²) < 4.78 is 28.0. The predicted molar refractivity (Wildman–Crippen MR) is 166 cm³/mol. The molecule has 2 unspecified atom stereocenters. The van der Waals surface area contributed by atoms with E-state index in [-0.39, 0.29) is 17.2 Å². The fourth-order valence-corrected chi connectivity index (χ4v) is 8.44. The fourth-order valence-electron chi connectivity index (χ4n) is 7.23. The van der Waals surface area contributed by atoms with E-state index in [9.17, 15) is 13.6 Å². The number of aliphatic imine (C=N–C) groups is 2. The van der Waals surface area contributed by atoms with Gasteiger partial charge in [0.1, 0.15) is 23.9 Å². The molecular formula is C33H33ClF2N4OS. The van der Waals surface area contributed by atoms with Gasteiger partial charge in [0.15, 0.2) is 0 Å². The summed E-state index contributed by atoms with van der Waals surface area (Å²) in [5.41, 5.74) is 4.78. The maximum Gasteiger partial charge on any atom is 0.247 e. The predicted octanol–water partition coefficient (Wildman–Crippen LogP) is 7.40. The van der Waals surface area contributed by atoms with Crippen molar-refractivity contribution in [3.05, 3.63) is 92.9 Å². The van der Waals surface area contributed by atoms with Gasteiger partial charge in [0.25, 0.3) is 0 Å². The third kappa shape index (κ3) is 5.21. The molecule has 2 fully saturated rings. The van der Waals surface area contributed by atoms with Gasteiger partial charge in [-0.3, -0.25) is 9.79 Å². The second-order valence-corrected chi connectivity index (χ2v) is 13.5. The van der Waals surface area contributed by atoms with Gasteiger partial charge in [0, 0.05) is 40.4 Å². The number of hydrogen-bond acceptors (Lipinski definition) is 5. The first-order chi connectivity index (χ1) is 20.3. The lowest BCUT2D eigenvalue weighted by molar-refractivity contribution is -0.118. The Labute approximate surface area is 254 Å². The molecule has 2 aliphatic carbocycles. The number of nitrogens with zero attached hydrogens (tertiary/aromatic N) is 3. The van der Waals surface area contributed by atoms with Crippen LogP contribution in [0, 0.1) is 17.7 Å². The number of rotatable bonds is 6. The van der Waals surface area contributed by atoms with Crippen LogP contribution in [0.3, 0.4) is 0 Å². The zero-order valence-electron chi connectivity index (χ0n) is 23.4. The first-order valence-corrected chi connectivity index (χ1v) is 16.2. The second-order valence-electron chi connectivity index (χ2n) is 12.0. The van der Waals surface area contributed by atoms with Crippen molar-refractivity contribution in [2.45, 2.75) is 69.0 Å².